The van der Waals surface area contributed by atoms with Crippen molar-refractivity contribution in [3.05, 3.63) is 40.8 Å². The summed E-state index contributed by atoms with van der Waals surface area (Å²) >= 11 is 0. The molecule has 5 nitrogen and oxygen atoms in total. The zero-order valence-electron chi connectivity index (χ0n) is 9.93. The molecule has 0 saturated heterocycles. The summed E-state index contributed by atoms with van der Waals surface area (Å²) in [6.07, 6.45) is 0. The summed E-state index contributed by atoms with van der Waals surface area (Å²) in [6, 6.07) is 7.56. The minimum Gasteiger partial charge on any atom is -0.869 e. The number of hydrogen-bond acceptors (Lipinski definition) is 4. The Bertz CT molecular complexity index is 848. The lowest BCUT2D eigenvalue weighted by atomic mass is 10.1. The second kappa shape index (κ2) is 3.91. The molecule has 0 aliphatic rings. The van der Waals surface area contributed by atoms with E-state index in [-0.39, 0.29) is 5.39 Å². The lowest BCUT2D eigenvalue weighted by molar-refractivity contribution is -0.268. The first-order chi connectivity index (χ1) is 9.11. The first-order valence-electron chi connectivity index (χ1n) is 5.53. The van der Waals surface area contributed by atoms with Gasteiger partial charge in [0.05, 0.1) is 12.5 Å². The topological polar surface area (TPSA) is 82.4 Å². The second-order valence-corrected chi connectivity index (χ2v) is 4.07. The summed E-state index contributed by atoms with van der Waals surface area (Å²) in [5, 5.41) is 23.8. The molecule has 0 spiro atoms. The van der Waals surface area contributed by atoms with E-state index in [1.807, 2.05) is 0 Å². The summed E-state index contributed by atoms with van der Waals surface area (Å²) in [6.45, 7) is 0. The van der Waals surface area contributed by atoms with Crippen LogP contribution in [0.1, 0.15) is 0 Å². The van der Waals surface area contributed by atoms with Gasteiger partial charge in [0, 0.05) is 11.5 Å². The molecular weight excluding hydrogens is 248 g/mol. The molecule has 2 aromatic carbocycles. The first kappa shape index (κ1) is 11.4. The molecular formula is C14H8O5-. The molecule has 0 N–H and O–H groups in total. The molecule has 0 unspecified atom stereocenters. The van der Waals surface area contributed by atoms with Gasteiger partial charge in [-0.05, 0) is 35.4 Å². The van der Waals surface area contributed by atoms with E-state index in [4.69, 9.17) is 9.15 Å². The Kier molecular flexibility index (Phi) is 2.35. The summed E-state index contributed by atoms with van der Waals surface area (Å²) in [5.41, 5.74) is -0.492. The Labute approximate surface area is 107 Å². The molecule has 0 fully saturated rings. The molecule has 5 heteroatoms. The van der Waals surface area contributed by atoms with Gasteiger partial charge in [-0.1, -0.05) is 0 Å². The Morgan fingerprint density at radius 3 is 2.63 bits per heavy atom. The monoisotopic (exact) mass is 256 g/mol. The highest BCUT2D eigenvalue weighted by molar-refractivity contribution is 6.07. The fourth-order valence-corrected chi connectivity index (χ4v) is 2.08. The number of rotatable bonds is 1. The third-order valence-electron chi connectivity index (χ3n) is 3.01. The minimum atomic E-state index is -0.830. The van der Waals surface area contributed by atoms with Gasteiger partial charge >= 0.3 is 5.63 Å². The van der Waals surface area contributed by atoms with Crippen molar-refractivity contribution in [2.75, 3.05) is 7.11 Å². The van der Waals surface area contributed by atoms with Gasteiger partial charge in [0.1, 0.15) is 11.3 Å². The number of hydrogen-bond donors (Lipinski definition) is 0. The van der Waals surface area contributed by atoms with E-state index >= 15 is 0 Å². The van der Waals surface area contributed by atoms with Crippen molar-refractivity contribution in [3.63, 3.8) is 0 Å². The third-order valence-corrected chi connectivity index (χ3v) is 3.01. The normalized spacial score (nSPS) is 11.0. The van der Waals surface area contributed by atoms with Gasteiger partial charge in [-0.25, -0.2) is 4.79 Å². The van der Waals surface area contributed by atoms with E-state index < -0.39 is 17.1 Å². The van der Waals surface area contributed by atoms with Crippen molar-refractivity contribution in [2.45, 2.75) is 0 Å². The van der Waals surface area contributed by atoms with Gasteiger partial charge in [0.15, 0.2) is 5.75 Å². The highest BCUT2D eigenvalue weighted by atomic mass is 16.5. The second-order valence-electron chi connectivity index (χ2n) is 4.07. The molecule has 1 radical (unpaired) electrons. The van der Waals surface area contributed by atoms with Gasteiger partial charge in [-0.2, -0.15) is 0 Å². The number of benzene rings is 2. The maximum absolute atomic E-state index is 11.8. The average molecular weight is 256 g/mol. The molecule has 1 heterocycles. The predicted octanol–water partition coefficient (Wildman–Crippen LogP) is 2.17. The van der Waals surface area contributed by atoms with Crippen molar-refractivity contribution in [3.8, 4) is 17.2 Å². The van der Waals surface area contributed by atoms with Crippen molar-refractivity contribution in [1.29, 1.82) is 0 Å². The van der Waals surface area contributed by atoms with Gasteiger partial charge in [-0.15, -0.1) is 0 Å². The van der Waals surface area contributed by atoms with Crippen LogP contribution in [0, 0.1) is 0 Å². The Hall–Kier alpha value is -2.69. The predicted molar refractivity (Wildman–Crippen MR) is 66.1 cm³/mol. The van der Waals surface area contributed by atoms with E-state index in [0.29, 0.717) is 22.1 Å². The number of methoxy groups -OCH3 is 1. The smallest absolute Gasteiger partial charge is 0.343 e. The fraction of sp³-hybridized carbons (Fsp3) is 0.0714. The molecule has 3 rings (SSSR count). The standard InChI is InChI=1S/C14H9O5/c1-18-7-2-3-8-9-4-5-10(15)13(16)12(9)14(17)19-11(8)6-7/h2-6,16H,1H3/p-1. The summed E-state index contributed by atoms with van der Waals surface area (Å²) in [5.74, 6) is -1.01. The van der Waals surface area contributed by atoms with Gasteiger partial charge in [0.2, 0.25) is 0 Å². The lowest BCUT2D eigenvalue weighted by Gasteiger charge is -2.11. The van der Waals surface area contributed by atoms with E-state index in [0.717, 1.165) is 6.07 Å². The lowest BCUT2D eigenvalue weighted by Crippen LogP contribution is -2.04. The molecule has 3 aromatic rings. The zero-order valence-corrected chi connectivity index (χ0v) is 9.93. The largest absolute Gasteiger partial charge is 0.869 e. The Balaban J connectivity index is 2.54. The van der Waals surface area contributed by atoms with Crippen LogP contribution in [-0.2, 0) is 5.11 Å². The molecule has 19 heavy (non-hydrogen) atoms. The Morgan fingerprint density at radius 2 is 1.89 bits per heavy atom. The van der Waals surface area contributed by atoms with Crippen LogP contribution in [0.15, 0.2) is 39.5 Å². The summed E-state index contributed by atoms with van der Waals surface area (Å²) < 4.78 is 10.1. The van der Waals surface area contributed by atoms with Crippen LogP contribution in [0.25, 0.3) is 21.7 Å². The van der Waals surface area contributed by atoms with Crippen molar-refractivity contribution >= 4 is 21.7 Å². The van der Waals surface area contributed by atoms with Crippen molar-refractivity contribution < 1.29 is 19.4 Å². The maximum atomic E-state index is 11.8. The van der Waals surface area contributed by atoms with Crippen LogP contribution in [0.2, 0.25) is 0 Å². The van der Waals surface area contributed by atoms with Crippen LogP contribution in [0.4, 0.5) is 0 Å². The SMILES string of the molecule is COc1ccc2c(c1)oc(=O)c1c([O-])c([O])ccc12. The van der Waals surface area contributed by atoms with Crippen LogP contribution in [0.3, 0.4) is 0 Å². The van der Waals surface area contributed by atoms with Crippen LogP contribution in [-0.4, -0.2) is 7.11 Å². The summed E-state index contributed by atoms with van der Waals surface area (Å²) in [4.78, 5) is 11.8. The highest BCUT2D eigenvalue weighted by Crippen LogP contribution is 2.34. The molecule has 0 aliphatic carbocycles. The van der Waals surface area contributed by atoms with Crippen molar-refractivity contribution in [1.82, 2.24) is 0 Å². The highest BCUT2D eigenvalue weighted by Gasteiger charge is 2.11. The fourth-order valence-electron chi connectivity index (χ4n) is 2.08. The van der Waals surface area contributed by atoms with E-state index in [2.05, 4.69) is 0 Å². The Morgan fingerprint density at radius 1 is 1.16 bits per heavy atom. The van der Waals surface area contributed by atoms with Crippen molar-refractivity contribution in [2.24, 2.45) is 0 Å². The van der Waals surface area contributed by atoms with E-state index in [9.17, 15) is 15.0 Å². The average Bonchev–Trinajstić information content (AvgIpc) is 2.41. The number of fused-ring (bicyclic) bond motifs is 3. The third kappa shape index (κ3) is 1.59. The van der Waals surface area contributed by atoms with Crippen LogP contribution < -0.4 is 15.5 Å². The molecule has 1 aromatic heterocycles. The first-order valence-corrected chi connectivity index (χ1v) is 5.53. The molecule has 0 aliphatic heterocycles. The quantitative estimate of drug-likeness (QED) is 0.493. The van der Waals surface area contributed by atoms with E-state index in [1.165, 1.54) is 13.2 Å². The molecule has 0 atom stereocenters. The molecule has 0 amide bonds. The molecule has 95 valence electrons. The van der Waals surface area contributed by atoms with Gasteiger partial charge in [0.25, 0.3) is 0 Å². The van der Waals surface area contributed by atoms with Crippen LogP contribution in [0.5, 0.6) is 17.2 Å². The number of ether oxygens (including phenoxy) is 1. The molecule has 0 saturated carbocycles. The minimum absolute atomic E-state index is 0.204. The van der Waals surface area contributed by atoms with Gasteiger partial charge in [-0.3, -0.25) is 5.11 Å². The van der Waals surface area contributed by atoms with Crippen LogP contribution >= 0.6 is 0 Å². The summed E-state index contributed by atoms with van der Waals surface area (Å²) in [7, 11) is 1.50. The van der Waals surface area contributed by atoms with Gasteiger partial charge < -0.3 is 14.3 Å². The maximum Gasteiger partial charge on any atom is 0.343 e. The molecule has 0 bridgehead atoms. The van der Waals surface area contributed by atoms with E-state index in [1.54, 1.807) is 18.2 Å². The zero-order chi connectivity index (χ0) is 13.6.